The number of aromatic nitrogens is 1. The molecule has 1 fully saturated rings. The first-order chi connectivity index (χ1) is 9.66. The van der Waals surface area contributed by atoms with Crippen LogP contribution in [0.3, 0.4) is 0 Å². The molecule has 1 aliphatic rings. The smallest absolute Gasteiger partial charge is 0.337 e. The number of nitrogens with zero attached hydrogens (tertiary/aromatic N) is 2. The molecule has 2 aromatic rings. The average molecular weight is 273 g/mol. The van der Waals surface area contributed by atoms with Crippen LogP contribution in [0, 0.1) is 0 Å². The summed E-state index contributed by atoms with van der Waals surface area (Å²) >= 11 is 0. The van der Waals surface area contributed by atoms with Crippen LogP contribution >= 0.6 is 0 Å². The van der Waals surface area contributed by atoms with Crippen LogP contribution in [0.4, 0.5) is 0 Å². The number of piperazine rings is 1. The van der Waals surface area contributed by atoms with E-state index < -0.39 is 5.97 Å². The lowest BCUT2D eigenvalue weighted by atomic mass is 10.1. The summed E-state index contributed by atoms with van der Waals surface area (Å²) in [6.45, 7) is 4.99. The molecule has 1 aromatic heterocycles. The Balaban J connectivity index is 1.99. The third kappa shape index (κ3) is 2.30. The lowest BCUT2D eigenvalue weighted by Crippen LogP contribution is -2.42. The normalized spacial score (nSPS) is 16.6. The number of fused-ring (bicyclic) bond motifs is 1. The van der Waals surface area contributed by atoms with E-state index in [0.29, 0.717) is 5.56 Å². The highest BCUT2D eigenvalue weighted by molar-refractivity contribution is 6.03. The third-order valence-electron chi connectivity index (χ3n) is 3.92. The van der Waals surface area contributed by atoms with Gasteiger partial charge in [-0.3, -0.25) is 4.90 Å². The van der Waals surface area contributed by atoms with Gasteiger partial charge in [0.15, 0.2) is 0 Å². The number of carboxylic acids is 1. The molecule has 0 unspecified atom stereocenters. The molecule has 5 heteroatoms. The quantitative estimate of drug-likeness (QED) is 0.884. The molecule has 0 aliphatic carbocycles. The highest BCUT2D eigenvalue weighted by atomic mass is 16.4. The summed E-state index contributed by atoms with van der Waals surface area (Å²) in [6.07, 6.45) is 2.05. The lowest BCUT2D eigenvalue weighted by molar-refractivity contribution is 0.0698. The highest BCUT2D eigenvalue weighted by Gasteiger charge is 2.17. The Hall–Kier alpha value is -1.85. The minimum atomic E-state index is -0.870. The van der Waals surface area contributed by atoms with Gasteiger partial charge < -0.3 is 15.0 Å². The first-order valence-electron chi connectivity index (χ1n) is 6.90. The van der Waals surface area contributed by atoms with Gasteiger partial charge in [-0.1, -0.05) is 12.1 Å². The van der Waals surface area contributed by atoms with Crippen LogP contribution in [-0.2, 0) is 13.6 Å². The predicted octanol–water partition coefficient (Wildman–Crippen LogP) is 1.28. The van der Waals surface area contributed by atoms with Crippen LogP contribution in [0.1, 0.15) is 15.9 Å². The Kier molecular flexibility index (Phi) is 3.46. The number of carboxylic acid groups (broad SMARTS) is 1. The summed E-state index contributed by atoms with van der Waals surface area (Å²) in [5.41, 5.74) is 2.38. The van der Waals surface area contributed by atoms with Gasteiger partial charge in [-0.25, -0.2) is 4.79 Å². The van der Waals surface area contributed by atoms with E-state index in [1.807, 2.05) is 23.7 Å². The predicted molar refractivity (Wildman–Crippen MR) is 78.0 cm³/mol. The van der Waals surface area contributed by atoms with Crippen molar-refractivity contribution in [2.24, 2.45) is 7.05 Å². The highest BCUT2D eigenvalue weighted by Crippen LogP contribution is 2.25. The Morgan fingerprint density at radius 2 is 2.10 bits per heavy atom. The van der Waals surface area contributed by atoms with Crippen molar-refractivity contribution in [3.8, 4) is 0 Å². The zero-order valence-electron chi connectivity index (χ0n) is 11.6. The molecule has 1 aliphatic heterocycles. The molecule has 5 nitrogen and oxygen atoms in total. The zero-order chi connectivity index (χ0) is 14.1. The molecule has 2 heterocycles. The zero-order valence-corrected chi connectivity index (χ0v) is 11.6. The standard InChI is InChI=1S/C15H19N3O2/c1-17-9-11(10-18-7-5-16-6-8-18)12-3-2-4-13(14(12)17)15(19)20/h2-4,9,16H,5-8,10H2,1H3,(H,19,20). The van der Waals surface area contributed by atoms with Crippen molar-refractivity contribution in [1.82, 2.24) is 14.8 Å². The minimum absolute atomic E-state index is 0.372. The average Bonchev–Trinajstić information content (AvgIpc) is 2.77. The van der Waals surface area contributed by atoms with E-state index in [9.17, 15) is 9.90 Å². The van der Waals surface area contributed by atoms with E-state index in [-0.39, 0.29) is 0 Å². The van der Waals surface area contributed by atoms with E-state index in [1.54, 1.807) is 6.07 Å². The molecule has 2 N–H and O–H groups in total. The topological polar surface area (TPSA) is 57.5 Å². The van der Waals surface area contributed by atoms with E-state index in [4.69, 9.17) is 0 Å². The van der Waals surface area contributed by atoms with E-state index in [1.165, 1.54) is 5.56 Å². The Morgan fingerprint density at radius 1 is 1.35 bits per heavy atom. The van der Waals surface area contributed by atoms with Gasteiger partial charge in [0.25, 0.3) is 0 Å². The second-order valence-electron chi connectivity index (χ2n) is 5.30. The first-order valence-corrected chi connectivity index (χ1v) is 6.90. The fourth-order valence-corrected chi connectivity index (χ4v) is 2.96. The van der Waals surface area contributed by atoms with Crippen LogP contribution in [-0.4, -0.2) is 46.7 Å². The maximum absolute atomic E-state index is 11.3. The van der Waals surface area contributed by atoms with Gasteiger partial charge in [0, 0.05) is 51.4 Å². The van der Waals surface area contributed by atoms with Crippen LogP contribution < -0.4 is 5.32 Å². The molecular weight excluding hydrogens is 254 g/mol. The number of carbonyl (C=O) groups is 1. The van der Waals surface area contributed by atoms with Gasteiger partial charge in [0.05, 0.1) is 11.1 Å². The van der Waals surface area contributed by atoms with Crippen LogP contribution in [0.25, 0.3) is 10.9 Å². The van der Waals surface area contributed by atoms with Gasteiger partial charge in [-0.05, 0) is 11.6 Å². The molecule has 0 atom stereocenters. The summed E-state index contributed by atoms with van der Waals surface area (Å²) in [7, 11) is 1.91. The largest absolute Gasteiger partial charge is 0.478 e. The monoisotopic (exact) mass is 273 g/mol. The van der Waals surface area contributed by atoms with Crippen molar-refractivity contribution in [2.75, 3.05) is 26.2 Å². The van der Waals surface area contributed by atoms with Gasteiger partial charge in [-0.15, -0.1) is 0 Å². The molecule has 0 radical (unpaired) electrons. The fraction of sp³-hybridized carbons (Fsp3) is 0.400. The van der Waals surface area contributed by atoms with Gasteiger partial charge in [0.1, 0.15) is 0 Å². The van der Waals surface area contributed by atoms with E-state index in [2.05, 4.69) is 16.4 Å². The van der Waals surface area contributed by atoms with Crippen molar-refractivity contribution in [3.05, 3.63) is 35.5 Å². The van der Waals surface area contributed by atoms with Crippen molar-refractivity contribution < 1.29 is 9.90 Å². The second kappa shape index (κ2) is 5.26. The van der Waals surface area contributed by atoms with Gasteiger partial charge >= 0.3 is 5.97 Å². The number of para-hydroxylation sites is 1. The molecule has 3 rings (SSSR count). The number of aryl methyl sites for hydroxylation is 1. The molecule has 1 saturated heterocycles. The van der Waals surface area contributed by atoms with Crippen LogP contribution in [0.15, 0.2) is 24.4 Å². The summed E-state index contributed by atoms with van der Waals surface area (Å²) in [5.74, 6) is -0.870. The third-order valence-corrected chi connectivity index (χ3v) is 3.92. The molecule has 20 heavy (non-hydrogen) atoms. The van der Waals surface area contributed by atoms with Crippen LogP contribution in [0.2, 0.25) is 0 Å². The molecule has 0 saturated carbocycles. The second-order valence-corrected chi connectivity index (χ2v) is 5.30. The van der Waals surface area contributed by atoms with Crippen molar-refractivity contribution >= 4 is 16.9 Å². The SMILES string of the molecule is Cn1cc(CN2CCNCC2)c2cccc(C(=O)O)c21. The van der Waals surface area contributed by atoms with Crippen molar-refractivity contribution in [2.45, 2.75) is 6.54 Å². The van der Waals surface area contributed by atoms with Crippen molar-refractivity contribution in [1.29, 1.82) is 0 Å². The number of nitrogens with one attached hydrogen (secondary N) is 1. The summed E-state index contributed by atoms with van der Waals surface area (Å²) in [4.78, 5) is 13.7. The molecule has 0 spiro atoms. The maximum Gasteiger partial charge on any atom is 0.337 e. The Bertz CT molecular complexity index is 642. The number of rotatable bonds is 3. The Labute approximate surface area is 117 Å². The van der Waals surface area contributed by atoms with Gasteiger partial charge in [0.2, 0.25) is 0 Å². The van der Waals surface area contributed by atoms with E-state index >= 15 is 0 Å². The first kappa shape index (κ1) is 13.1. The molecule has 0 bridgehead atoms. The lowest BCUT2D eigenvalue weighted by Gasteiger charge is -2.26. The van der Waals surface area contributed by atoms with E-state index in [0.717, 1.165) is 43.6 Å². The summed E-state index contributed by atoms with van der Waals surface area (Å²) < 4.78 is 1.93. The molecule has 0 amide bonds. The summed E-state index contributed by atoms with van der Waals surface area (Å²) in [6, 6.07) is 5.51. The molecule has 1 aromatic carbocycles. The number of aromatic carboxylic acids is 1. The number of benzene rings is 1. The molecule has 106 valence electrons. The maximum atomic E-state index is 11.3. The molecular formula is C15H19N3O2. The fourth-order valence-electron chi connectivity index (χ4n) is 2.96. The Morgan fingerprint density at radius 3 is 2.80 bits per heavy atom. The summed E-state index contributed by atoms with van der Waals surface area (Å²) in [5, 5.41) is 13.7. The van der Waals surface area contributed by atoms with Gasteiger partial charge in [-0.2, -0.15) is 0 Å². The van der Waals surface area contributed by atoms with Crippen molar-refractivity contribution in [3.63, 3.8) is 0 Å². The minimum Gasteiger partial charge on any atom is -0.478 e. The number of hydrogen-bond acceptors (Lipinski definition) is 3. The van der Waals surface area contributed by atoms with Crippen LogP contribution in [0.5, 0.6) is 0 Å². The number of hydrogen-bond donors (Lipinski definition) is 2.